The van der Waals surface area contributed by atoms with E-state index < -0.39 is 0 Å². The van der Waals surface area contributed by atoms with Crippen LogP contribution in [0.4, 0.5) is 0 Å². The monoisotopic (exact) mass is 410 g/mol. The normalized spacial score (nSPS) is 14.5. The topological polar surface area (TPSA) is 43.4 Å². The van der Waals surface area contributed by atoms with E-state index in [0.29, 0.717) is 11.3 Å². The second-order valence-electron chi connectivity index (χ2n) is 6.20. The minimum absolute atomic E-state index is 0.216. The molecular weight excluding hydrogens is 388 g/mol. The van der Waals surface area contributed by atoms with E-state index in [0.717, 1.165) is 34.1 Å². The Kier molecular flexibility index (Phi) is 7.57. The van der Waals surface area contributed by atoms with E-state index in [1.54, 1.807) is 48.8 Å². The molecule has 0 unspecified atom stereocenters. The van der Waals surface area contributed by atoms with E-state index in [1.165, 1.54) is 6.08 Å². The third-order valence-electron chi connectivity index (χ3n) is 4.27. The van der Waals surface area contributed by atoms with Crippen molar-refractivity contribution in [3.8, 4) is 5.75 Å². The van der Waals surface area contributed by atoms with Crippen LogP contribution >= 0.6 is 23.5 Å². The Hall–Kier alpha value is -2.24. The van der Waals surface area contributed by atoms with Crippen LogP contribution < -0.4 is 4.74 Å². The number of ketones is 2. The summed E-state index contributed by atoms with van der Waals surface area (Å²) in [6.07, 6.45) is 5.39. The third-order valence-corrected chi connectivity index (χ3v) is 6.90. The highest BCUT2D eigenvalue weighted by atomic mass is 32.2. The smallest absolute Gasteiger partial charge is 0.198 e. The van der Waals surface area contributed by atoms with Gasteiger partial charge < -0.3 is 4.74 Å². The van der Waals surface area contributed by atoms with Crippen LogP contribution in [0.25, 0.3) is 6.08 Å². The molecule has 0 N–H and O–H groups in total. The summed E-state index contributed by atoms with van der Waals surface area (Å²) >= 11 is 3.23. The summed E-state index contributed by atoms with van der Waals surface area (Å²) in [7, 11) is 1.60. The third kappa shape index (κ3) is 5.18. The number of hydrogen-bond acceptors (Lipinski definition) is 5. The van der Waals surface area contributed by atoms with Gasteiger partial charge in [-0.1, -0.05) is 48.5 Å². The van der Waals surface area contributed by atoms with Crippen LogP contribution in [0.5, 0.6) is 5.75 Å². The lowest BCUT2D eigenvalue weighted by atomic mass is 10.0. The van der Waals surface area contributed by atoms with Gasteiger partial charge in [-0.25, -0.2) is 0 Å². The number of Topliss-reactive ketones (excluding diaryl/α,β-unsaturated/α-hetero) is 1. The Balaban J connectivity index is 1.96. The molecule has 1 aliphatic heterocycles. The average Bonchev–Trinajstić information content (AvgIpc) is 3.02. The molecule has 1 saturated heterocycles. The Bertz CT molecular complexity index is 891. The summed E-state index contributed by atoms with van der Waals surface area (Å²) in [6, 6.07) is 16.5. The highest BCUT2D eigenvalue weighted by molar-refractivity contribution is 8.22. The minimum atomic E-state index is -0.267. The molecule has 1 aliphatic rings. The van der Waals surface area contributed by atoms with Crippen molar-refractivity contribution in [3.63, 3.8) is 0 Å². The largest absolute Gasteiger partial charge is 0.496 e. The molecule has 28 heavy (non-hydrogen) atoms. The van der Waals surface area contributed by atoms with Gasteiger partial charge in [-0.15, -0.1) is 23.5 Å². The predicted molar refractivity (Wildman–Crippen MR) is 119 cm³/mol. The van der Waals surface area contributed by atoms with Crippen molar-refractivity contribution in [2.75, 3.05) is 18.6 Å². The van der Waals surface area contributed by atoms with Gasteiger partial charge in [0.2, 0.25) is 0 Å². The van der Waals surface area contributed by atoms with Crippen molar-refractivity contribution in [1.82, 2.24) is 0 Å². The van der Waals surface area contributed by atoms with Gasteiger partial charge in [0.25, 0.3) is 0 Å². The Morgan fingerprint density at radius 1 is 0.929 bits per heavy atom. The van der Waals surface area contributed by atoms with Gasteiger partial charge in [0.05, 0.1) is 16.9 Å². The molecule has 0 bridgehead atoms. The quantitative estimate of drug-likeness (QED) is 0.267. The number of carbonyl (C=O) groups is 2. The average molecular weight is 411 g/mol. The molecule has 5 heteroatoms. The number of ether oxygens (including phenoxy) is 1. The highest BCUT2D eigenvalue weighted by Gasteiger charge is 2.24. The number of methoxy groups -OCH3 is 1. The molecule has 0 atom stereocenters. The van der Waals surface area contributed by atoms with E-state index in [4.69, 9.17) is 4.74 Å². The van der Waals surface area contributed by atoms with E-state index in [1.807, 2.05) is 42.5 Å². The zero-order valence-corrected chi connectivity index (χ0v) is 17.4. The SMILES string of the molecule is COc1ccccc1C=CC(=O)C(C(=O)c1ccccc1)=C1SCCCCS1. The van der Waals surface area contributed by atoms with Crippen LogP contribution in [0.15, 0.2) is 70.5 Å². The number of thioether (sulfide) groups is 2. The lowest BCUT2D eigenvalue weighted by Gasteiger charge is -2.10. The highest BCUT2D eigenvalue weighted by Crippen LogP contribution is 2.37. The lowest BCUT2D eigenvalue weighted by Crippen LogP contribution is -2.13. The Morgan fingerprint density at radius 3 is 2.25 bits per heavy atom. The Morgan fingerprint density at radius 2 is 1.57 bits per heavy atom. The van der Waals surface area contributed by atoms with Crippen molar-refractivity contribution in [3.05, 3.63) is 81.6 Å². The zero-order chi connectivity index (χ0) is 19.8. The maximum Gasteiger partial charge on any atom is 0.198 e. The van der Waals surface area contributed by atoms with E-state index in [9.17, 15) is 9.59 Å². The van der Waals surface area contributed by atoms with Gasteiger partial charge in [-0.05, 0) is 42.6 Å². The number of benzene rings is 2. The molecule has 1 fully saturated rings. The van der Waals surface area contributed by atoms with Crippen molar-refractivity contribution in [1.29, 1.82) is 0 Å². The summed E-state index contributed by atoms with van der Waals surface area (Å²) in [6.45, 7) is 0. The molecule has 0 aromatic heterocycles. The van der Waals surface area contributed by atoms with E-state index >= 15 is 0 Å². The zero-order valence-electron chi connectivity index (χ0n) is 15.7. The standard InChI is InChI=1S/C23H22O3S2/c1-26-20-12-6-5-9-17(20)13-14-19(24)21(23-27-15-7-8-16-28-23)22(25)18-10-3-2-4-11-18/h2-6,9-14H,7-8,15-16H2,1H3. The van der Waals surface area contributed by atoms with Gasteiger partial charge in [-0.2, -0.15) is 0 Å². The molecule has 0 saturated carbocycles. The summed E-state index contributed by atoms with van der Waals surface area (Å²) in [5.74, 6) is 2.06. The molecule has 2 aromatic carbocycles. The van der Waals surface area contributed by atoms with Gasteiger partial charge in [0.15, 0.2) is 11.6 Å². The second kappa shape index (κ2) is 10.3. The van der Waals surface area contributed by atoms with Crippen LogP contribution in [0.3, 0.4) is 0 Å². The predicted octanol–water partition coefficient (Wildman–Crippen LogP) is 5.63. The summed E-state index contributed by atoms with van der Waals surface area (Å²) in [4.78, 5) is 26.3. The second-order valence-corrected chi connectivity index (χ2v) is 8.67. The van der Waals surface area contributed by atoms with Gasteiger partial charge >= 0.3 is 0 Å². The molecule has 3 nitrogen and oxygen atoms in total. The first-order valence-corrected chi connectivity index (χ1v) is 11.1. The molecule has 3 rings (SSSR count). The summed E-state index contributed by atoms with van der Waals surface area (Å²) < 4.78 is 6.17. The van der Waals surface area contributed by atoms with E-state index in [2.05, 4.69) is 0 Å². The molecule has 0 aliphatic carbocycles. The fraction of sp³-hybridized carbons (Fsp3) is 0.217. The Labute approximate surface area is 174 Å². The van der Waals surface area contributed by atoms with E-state index in [-0.39, 0.29) is 17.1 Å². The van der Waals surface area contributed by atoms with Crippen molar-refractivity contribution in [2.24, 2.45) is 0 Å². The number of rotatable bonds is 6. The first kappa shape index (κ1) is 20.5. The molecular formula is C23H22O3S2. The first-order valence-electron chi connectivity index (χ1n) is 9.15. The van der Waals surface area contributed by atoms with Gasteiger partial charge in [-0.3, -0.25) is 9.59 Å². The van der Waals surface area contributed by atoms with Crippen molar-refractivity contribution < 1.29 is 14.3 Å². The molecule has 144 valence electrons. The fourth-order valence-corrected chi connectivity index (χ4v) is 5.39. The number of allylic oxidation sites excluding steroid dienone is 2. The van der Waals surface area contributed by atoms with Crippen LogP contribution in [0.1, 0.15) is 28.8 Å². The van der Waals surface area contributed by atoms with Gasteiger partial charge in [0, 0.05) is 11.1 Å². The van der Waals surface area contributed by atoms with Crippen LogP contribution in [-0.4, -0.2) is 30.2 Å². The van der Waals surface area contributed by atoms with Gasteiger partial charge in [0.1, 0.15) is 5.75 Å². The van der Waals surface area contributed by atoms with Crippen molar-refractivity contribution in [2.45, 2.75) is 12.8 Å². The fourth-order valence-electron chi connectivity index (χ4n) is 2.81. The van der Waals surface area contributed by atoms with Crippen molar-refractivity contribution >= 4 is 41.2 Å². The summed E-state index contributed by atoms with van der Waals surface area (Å²) in [5.41, 5.74) is 1.61. The molecule has 1 heterocycles. The number of para-hydroxylation sites is 1. The number of carbonyl (C=O) groups excluding carboxylic acids is 2. The van der Waals surface area contributed by atoms with Crippen LogP contribution in [0, 0.1) is 0 Å². The first-order chi connectivity index (χ1) is 13.7. The summed E-state index contributed by atoms with van der Waals surface area (Å²) in [5, 5.41) is 0. The maximum atomic E-state index is 13.2. The maximum absolute atomic E-state index is 13.2. The van der Waals surface area contributed by atoms with Crippen LogP contribution in [0.2, 0.25) is 0 Å². The molecule has 0 radical (unpaired) electrons. The lowest BCUT2D eigenvalue weighted by molar-refractivity contribution is -0.111. The molecule has 2 aromatic rings. The number of hydrogen-bond donors (Lipinski definition) is 0. The van der Waals surface area contributed by atoms with Crippen LogP contribution in [-0.2, 0) is 4.79 Å². The molecule has 0 amide bonds. The minimum Gasteiger partial charge on any atom is -0.496 e. The molecule has 0 spiro atoms.